The lowest BCUT2D eigenvalue weighted by Gasteiger charge is -2.03. The highest BCUT2D eigenvalue weighted by atomic mass is 16.5. The highest BCUT2D eigenvalue weighted by Gasteiger charge is 2.10. The molecule has 0 fully saturated rings. The molecule has 0 aliphatic rings. The number of aromatic carboxylic acids is 1. The highest BCUT2D eigenvalue weighted by molar-refractivity contribution is 5.93. The van der Waals surface area contributed by atoms with Gasteiger partial charge in [0.2, 0.25) is 0 Å². The molecule has 1 aromatic rings. The SMILES string of the molecule is CCCCOC(=O)c1cncc(C(=O)O)c1. The Morgan fingerprint density at radius 3 is 2.69 bits per heavy atom. The van der Waals surface area contributed by atoms with Crippen molar-refractivity contribution in [3.05, 3.63) is 29.6 Å². The van der Waals surface area contributed by atoms with Crippen LogP contribution in [0.15, 0.2) is 18.5 Å². The van der Waals surface area contributed by atoms with Crippen molar-refractivity contribution >= 4 is 11.9 Å². The zero-order valence-corrected chi connectivity index (χ0v) is 8.97. The first-order chi connectivity index (χ1) is 7.65. The van der Waals surface area contributed by atoms with Gasteiger partial charge in [0, 0.05) is 12.4 Å². The van der Waals surface area contributed by atoms with Gasteiger partial charge in [-0.25, -0.2) is 9.59 Å². The second kappa shape index (κ2) is 5.85. The van der Waals surface area contributed by atoms with Crippen molar-refractivity contribution in [3.8, 4) is 0 Å². The van der Waals surface area contributed by atoms with E-state index in [1.165, 1.54) is 18.5 Å². The highest BCUT2D eigenvalue weighted by Crippen LogP contribution is 2.05. The van der Waals surface area contributed by atoms with E-state index in [1.54, 1.807) is 0 Å². The first-order valence-corrected chi connectivity index (χ1v) is 5.00. The van der Waals surface area contributed by atoms with Gasteiger partial charge in [-0.2, -0.15) is 0 Å². The van der Waals surface area contributed by atoms with Crippen LogP contribution in [0.25, 0.3) is 0 Å². The molecule has 5 nitrogen and oxygen atoms in total. The summed E-state index contributed by atoms with van der Waals surface area (Å²) in [5.41, 5.74) is 0.140. The van der Waals surface area contributed by atoms with Crippen LogP contribution in [0.2, 0.25) is 0 Å². The van der Waals surface area contributed by atoms with Crippen LogP contribution in [0.5, 0.6) is 0 Å². The average Bonchev–Trinajstić information content (AvgIpc) is 2.29. The van der Waals surface area contributed by atoms with Gasteiger partial charge in [0.15, 0.2) is 0 Å². The van der Waals surface area contributed by atoms with E-state index in [0.29, 0.717) is 6.61 Å². The minimum Gasteiger partial charge on any atom is -0.478 e. The molecule has 0 bridgehead atoms. The molecule has 1 N–H and O–H groups in total. The number of carbonyl (C=O) groups excluding carboxylic acids is 1. The Morgan fingerprint density at radius 2 is 2.06 bits per heavy atom. The van der Waals surface area contributed by atoms with Gasteiger partial charge in [-0.05, 0) is 12.5 Å². The average molecular weight is 223 g/mol. The number of ether oxygens (including phenoxy) is 1. The fourth-order valence-corrected chi connectivity index (χ4v) is 1.06. The Balaban J connectivity index is 2.68. The molecule has 0 saturated heterocycles. The third kappa shape index (κ3) is 3.34. The minimum absolute atomic E-state index is 0.0232. The maximum atomic E-state index is 11.4. The Labute approximate surface area is 93.1 Å². The van der Waals surface area contributed by atoms with Crippen molar-refractivity contribution in [3.63, 3.8) is 0 Å². The van der Waals surface area contributed by atoms with Crippen LogP contribution >= 0.6 is 0 Å². The molecule has 0 saturated carbocycles. The molecule has 1 heterocycles. The number of hydrogen-bond donors (Lipinski definition) is 1. The van der Waals surface area contributed by atoms with E-state index in [4.69, 9.17) is 9.84 Å². The molecule has 0 spiro atoms. The Hall–Kier alpha value is -1.91. The van der Waals surface area contributed by atoms with Gasteiger partial charge in [0.1, 0.15) is 0 Å². The number of pyridine rings is 1. The number of hydrogen-bond acceptors (Lipinski definition) is 4. The van der Waals surface area contributed by atoms with Crippen molar-refractivity contribution < 1.29 is 19.4 Å². The number of rotatable bonds is 5. The maximum Gasteiger partial charge on any atom is 0.339 e. The summed E-state index contributed by atoms with van der Waals surface area (Å²) in [5, 5.41) is 8.71. The van der Waals surface area contributed by atoms with Crippen LogP contribution in [0, 0.1) is 0 Å². The molecule has 5 heteroatoms. The molecule has 0 atom stereocenters. The third-order valence-corrected chi connectivity index (χ3v) is 1.95. The van der Waals surface area contributed by atoms with Gasteiger partial charge < -0.3 is 9.84 Å². The van der Waals surface area contributed by atoms with Crippen molar-refractivity contribution in [2.45, 2.75) is 19.8 Å². The van der Waals surface area contributed by atoms with Gasteiger partial charge >= 0.3 is 11.9 Å². The van der Waals surface area contributed by atoms with E-state index >= 15 is 0 Å². The van der Waals surface area contributed by atoms with E-state index in [-0.39, 0.29) is 11.1 Å². The third-order valence-electron chi connectivity index (χ3n) is 1.95. The second-order valence-corrected chi connectivity index (χ2v) is 3.26. The first kappa shape index (κ1) is 12.2. The van der Waals surface area contributed by atoms with E-state index < -0.39 is 11.9 Å². The van der Waals surface area contributed by atoms with E-state index in [9.17, 15) is 9.59 Å². The van der Waals surface area contributed by atoms with E-state index in [2.05, 4.69) is 4.98 Å². The van der Waals surface area contributed by atoms with E-state index in [1.807, 2.05) is 6.92 Å². The number of carboxylic acid groups (broad SMARTS) is 1. The Kier molecular flexibility index (Phi) is 4.44. The lowest BCUT2D eigenvalue weighted by Crippen LogP contribution is -2.08. The fraction of sp³-hybridized carbons (Fsp3) is 0.364. The topological polar surface area (TPSA) is 76.5 Å². The maximum absolute atomic E-state index is 11.4. The van der Waals surface area contributed by atoms with Crippen LogP contribution in [0.4, 0.5) is 0 Å². The largest absolute Gasteiger partial charge is 0.478 e. The summed E-state index contributed by atoms with van der Waals surface area (Å²) >= 11 is 0. The molecular weight excluding hydrogens is 210 g/mol. The molecule has 0 aliphatic heterocycles. The first-order valence-electron chi connectivity index (χ1n) is 5.00. The van der Waals surface area contributed by atoms with Crippen LogP contribution in [0.3, 0.4) is 0 Å². The molecule has 0 aliphatic carbocycles. The zero-order chi connectivity index (χ0) is 12.0. The van der Waals surface area contributed by atoms with Crippen LogP contribution in [-0.4, -0.2) is 28.6 Å². The lowest BCUT2D eigenvalue weighted by atomic mass is 10.2. The molecule has 0 unspecified atom stereocenters. The zero-order valence-electron chi connectivity index (χ0n) is 8.97. The number of nitrogens with zero attached hydrogens (tertiary/aromatic N) is 1. The molecule has 16 heavy (non-hydrogen) atoms. The summed E-state index contributed by atoms with van der Waals surface area (Å²) in [6.07, 6.45) is 4.20. The molecule has 0 aromatic carbocycles. The molecule has 1 rings (SSSR count). The summed E-state index contributed by atoms with van der Waals surface area (Å²) in [6.45, 7) is 2.33. The number of aromatic nitrogens is 1. The molecule has 86 valence electrons. The van der Waals surface area contributed by atoms with E-state index in [0.717, 1.165) is 12.8 Å². The summed E-state index contributed by atoms with van der Waals surface area (Å²) < 4.78 is 4.93. The minimum atomic E-state index is -1.12. The predicted molar refractivity (Wildman–Crippen MR) is 56.4 cm³/mol. The Bertz CT molecular complexity index is 389. The summed E-state index contributed by atoms with van der Waals surface area (Å²) in [7, 11) is 0. The quantitative estimate of drug-likeness (QED) is 0.607. The number of unbranched alkanes of at least 4 members (excludes halogenated alkanes) is 1. The molecule has 0 radical (unpaired) electrons. The monoisotopic (exact) mass is 223 g/mol. The van der Waals surface area contributed by atoms with Gasteiger partial charge in [-0.15, -0.1) is 0 Å². The van der Waals surface area contributed by atoms with Crippen molar-refractivity contribution in [1.82, 2.24) is 4.98 Å². The van der Waals surface area contributed by atoms with Crippen LogP contribution in [-0.2, 0) is 4.74 Å². The van der Waals surface area contributed by atoms with Crippen molar-refractivity contribution in [2.75, 3.05) is 6.61 Å². The second-order valence-electron chi connectivity index (χ2n) is 3.26. The van der Waals surface area contributed by atoms with Gasteiger partial charge in [0.05, 0.1) is 17.7 Å². The van der Waals surface area contributed by atoms with Gasteiger partial charge in [-0.1, -0.05) is 13.3 Å². The molecule has 1 aromatic heterocycles. The lowest BCUT2D eigenvalue weighted by molar-refractivity contribution is 0.0499. The summed E-state index contributed by atoms with van der Waals surface area (Å²) in [5.74, 6) is -1.65. The smallest absolute Gasteiger partial charge is 0.339 e. The number of carbonyl (C=O) groups is 2. The summed E-state index contributed by atoms with van der Waals surface area (Å²) in [6, 6.07) is 1.25. The molecule has 0 amide bonds. The fourth-order valence-electron chi connectivity index (χ4n) is 1.06. The number of carboxylic acids is 1. The van der Waals surface area contributed by atoms with Gasteiger partial charge in [0.25, 0.3) is 0 Å². The summed E-state index contributed by atoms with van der Waals surface area (Å²) in [4.78, 5) is 25.8. The van der Waals surface area contributed by atoms with Crippen LogP contribution < -0.4 is 0 Å². The Morgan fingerprint density at radius 1 is 1.38 bits per heavy atom. The van der Waals surface area contributed by atoms with Gasteiger partial charge in [-0.3, -0.25) is 4.98 Å². The normalized spacial score (nSPS) is 9.81. The standard InChI is InChI=1S/C11H13NO4/c1-2-3-4-16-11(15)9-5-8(10(13)14)6-12-7-9/h5-7H,2-4H2,1H3,(H,13,14). The number of esters is 1. The van der Waals surface area contributed by atoms with Crippen LogP contribution in [0.1, 0.15) is 40.5 Å². The van der Waals surface area contributed by atoms with Crippen molar-refractivity contribution in [2.24, 2.45) is 0 Å². The molecular formula is C11H13NO4. The predicted octanol–water partition coefficient (Wildman–Crippen LogP) is 1.74. The van der Waals surface area contributed by atoms with Crippen molar-refractivity contribution in [1.29, 1.82) is 0 Å².